The van der Waals surface area contributed by atoms with E-state index in [1.165, 1.54) is 42.2 Å². The summed E-state index contributed by atoms with van der Waals surface area (Å²) in [6, 6.07) is 6.41. The van der Waals surface area contributed by atoms with E-state index in [0.717, 1.165) is 0 Å². The minimum Gasteiger partial charge on any atom is -0.354 e. The first-order chi connectivity index (χ1) is 15.6. The molecular weight excluding hydrogens is 486 g/mol. The smallest absolute Gasteiger partial charge is 0.354 e. The number of aromatic nitrogens is 5. The van der Waals surface area contributed by atoms with E-state index in [4.69, 9.17) is 23.2 Å². The molecule has 0 aliphatic carbocycles. The summed E-state index contributed by atoms with van der Waals surface area (Å²) in [4.78, 5) is 29.6. The average molecular weight is 498 g/mol. The van der Waals surface area contributed by atoms with Crippen LogP contribution in [-0.2, 0) is 6.18 Å². The van der Waals surface area contributed by atoms with Gasteiger partial charge in [-0.2, -0.15) is 23.4 Å². The van der Waals surface area contributed by atoms with Crippen LogP contribution < -0.4 is 10.6 Å². The number of hydrogen-bond acceptors (Lipinski definition) is 5. The zero-order valence-electron chi connectivity index (χ0n) is 16.5. The number of amides is 2. The summed E-state index contributed by atoms with van der Waals surface area (Å²) in [5, 5.41) is 12.2. The molecule has 0 aliphatic heterocycles. The van der Waals surface area contributed by atoms with Crippen LogP contribution in [0.15, 0.2) is 42.7 Å². The fourth-order valence-electron chi connectivity index (χ4n) is 3.03. The van der Waals surface area contributed by atoms with Gasteiger partial charge in [0.2, 0.25) is 0 Å². The lowest BCUT2D eigenvalue weighted by atomic mass is 10.2. The Morgan fingerprint density at radius 3 is 2.48 bits per heavy atom. The van der Waals surface area contributed by atoms with E-state index in [2.05, 4.69) is 25.8 Å². The van der Waals surface area contributed by atoms with Gasteiger partial charge in [-0.1, -0.05) is 23.2 Å². The average Bonchev–Trinajstić information content (AvgIpc) is 3.41. The first kappa shape index (κ1) is 22.6. The van der Waals surface area contributed by atoms with E-state index < -0.39 is 29.4 Å². The van der Waals surface area contributed by atoms with Gasteiger partial charge in [-0.25, -0.2) is 14.2 Å². The fourth-order valence-corrected chi connectivity index (χ4v) is 3.48. The van der Waals surface area contributed by atoms with E-state index in [1.54, 1.807) is 6.07 Å². The normalized spacial score (nSPS) is 11.6. The molecule has 9 nitrogen and oxygen atoms in total. The number of nitrogens with one attached hydrogen (secondary N) is 2. The molecule has 4 rings (SSSR count). The number of nitrogens with zero attached hydrogens (tertiary/aromatic N) is 5. The van der Waals surface area contributed by atoms with Crippen LogP contribution >= 0.6 is 23.2 Å². The summed E-state index contributed by atoms with van der Waals surface area (Å²) in [5.41, 5.74) is -1.71. The number of rotatable bonds is 4. The Morgan fingerprint density at radius 2 is 1.82 bits per heavy atom. The molecule has 0 saturated carbocycles. The largest absolute Gasteiger partial charge is 0.435 e. The number of halogens is 5. The van der Waals surface area contributed by atoms with Gasteiger partial charge in [-0.15, -0.1) is 0 Å². The molecule has 2 amide bonds. The summed E-state index contributed by atoms with van der Waals surface area (Å²) in [5.74, 6) is -1.88. The predicted octanol–water partition coefficient (Wildman–Crippen LogP) is 3.85. The second-order valence-corrected chi connectivity index (χ2v) is 7.36. The summed E-state index contributed by atoms with van der Waals surface area (Å²) in [6.07, 6.45) is -2.15. The maximum Gasteiger partial charge on any atom is 0.435 e. The van der Waals surface area contributed by atoms with Gasteiger partial charge in [0.05, 0.1) is 27.4 Å². The van der Waals surface area contributed by atoms with E-state index in [9.17, 15) is 22.8 Å². The van der Waals surface area contributed by atoms with Gasteiger partial charge in [0, 0.05) is 19.3 Å². The number of alkyl halides is 3. The van der Waals surface area contributed by atoms with E-state index in [1.807, 2.05) is 0 Å². The van der Waals surface area contributed by atoms with Gasteiger partial charge in [0.1, 0.15) is 5.69 Å². The maximum atomic E-state index is 13.4. The summed E-state index contributed by atoms with van der Waals surface area (Å²) < 4.78 is 42.0. The van der Waals surface area contributed by atoms with Crippen LogP contribution in [0.1, 0.15) is 26.7 Å². The molecule has 0 aromatic carbocycles. The van der Waals surface area contributed by atoms with Gasteiger partial charge < -0.3 is 10.6 Å². The van der Waals surface area contributed by atoms with Crippen molar-refractivity contribution in [2.24, 2.45) is 0 Å². The Bertz CT molecular complexity index is 1400. The van der Waals surface area contributed by atoms with Crippen molar-refractivity contribution in [3.8, 4) is 5.82 Å². The Hall–Kier alpha value is -3.64. The lowest BCUT2D eigenvalue weighted by Gasteiger charge is -2.14. The third-order valence-electron chi connectivity index (χ3n) is 4.49. The van der Waals surface area contributed by atoms with Crippen molar-refractivity contribution >= 4 is 46.2 Å². The molecule has 14 heteroatoms. The van der Waals surface area contributed by atoms with Gasteiger partial charge in [0.15, 0.2) is 17.2 Å². The van der Waals surface area contributed by atoms with Crippen molar-refractivity contribution in [1.29, 1.82) is 0 Å². The van der Waals surface area contributed by atoms with Crippen LogP contribution in [-0.4, -0.2) is 43.2 Å². The van der Waals surface area contributed by atoms with E-state index >= 15 is 0 Å². The topological polar surface area (TPSA) is 106 Å². The zero-order valence-corrected chi connectivity index (χ0v) is 18.0. The molecule has 0 fully saturated rings. The molecule has 0 atom stereocenters. The highest BCUT2D eigenvalue weighted by Gasteiger charge is 2.37. The fraction of sp³-hybridized carbons (Fsp3) is 0.105. The highest BCUT2D eigenvalue weighted by atomic mass is 35.5. The Balaban J connectivity index is 1.86. The summed E-state index contributed by atoms with van der Waals surface area (Å²) in [6.45, 7) is 0. The highest BCUT2D eigenvalue weighted by Crippen LogP contribution is 2.32. The standard InChI is InChI=1S/C19H12Cl2F3N7O2/c1-25-18(33)15-14(11(21)7-9-4-6-27-30(9)15)28-17(32)12-8-13(19(22,23)24)29-31(12)16-10(20)3-2-5-26-16/h2-8H,1H3,(H,25,33)(H,28,32). The summed E-state index contributed by atoms with van der Waals surface area (Å²) in [7, 11) is 1.36. The molecule has 0 saturated heterocycles. The molecule has 0 unspecified atom stereocenters. The van der Waals surface area contributed by atoms with Gasteiger partial charge in [-0.3, -0.25) is 9.59 Å². The number of carbonyl (C=O) groups is 2. The van der Waals surface area contributed by atoms with E-state index in [0.29, 0.717) is 16.3 Å². The SMILES string of the molecule is CNC(=O)c1c(NC(=O)c2cc(C(F)(F)F)nn2-c2ncccc2Cl)c(Cl)cc2ccnn12. The molecule has 4 aromatic heterocycles. The molecule has 0 bridgehead atoms. The molecular formula is C19H12Cl2F3N7O2. The lowest BCUT2D eigenvalue weighted by Crippen LogP contribution is -2.26. The molecule has 170 valence electrons. The van der Waals surface area contributed by atoms with Crippen molar-refractivity contribution < 1.29 is 22.8 Å². The predicted molar refractivity (Wildman–Crippen MR) is 113 cm³/mol. The molecule has 4 heterocycles. The first-order valence-electron chi connectivity index (χ1n) is 9.09. The molecule has 0 aliphatic rings. The van der Waals surface area contributed by atoms with Crippen LogP contribution in [0.3, 0.4) is 0 Å². The quantitative estimate of drug-likeness (QED) is 0.445. The third kappa shape index (κ3) is 4.10. The van der Waals surface area contributed by atoms with Crippen molar-refractivity contribution in [3.05, 3.63) is 69.9 Å². The van der Waals surface area contributed by atoms with Crippen LogP contribution in [0.4, 0.5) is 18.9 Å². The van der Waals surface area contributed by atoms with E-state index in [-0.39, 0.29) is 27.2 Å². The Morgan fingerprint density at radius 1 is 1.06 bits per heavy atom. The Labute approximate surface area is 193 Å². The van der Waals surface area contributed by atoms with Gasteiger partial charge in [-0.05, 0) is 24.3 Å². The number of anilines is 1. The number of fused-ring (bicyclic) bond motifs is 1. The van der Waals surface area contributed by atoms with Gasteiger partial charge in [0.25, 0.3) is 11.8 Å². The second-order valence-electron chi connectivity index (χ2n) is 6.55. The number of hydrogen-bond donors (Lipinski definition) is 2. The van der Waals surface area contributed by atoms with Crippen molar-refractivity contribution in [3.63, 3.8) is 0 Å². The number of carbonyl (C=O) groups excluding carboxylic acids is 2. The minimum atomic E-state index is -4.85. The second kappa shape index (κ2) is 8.37. The van der Waals surface area contributed by atoms with Gasteiger partial charge >= 0.3 is 6.18 Å². The molecule has 0 radical (unpaired) electrons. The van der Waals surface area contributed by atoms with Crippen LogP contribution in [0.2, 0.25) is 10.0 Å². The van der Waals surface area contributed by atoms with Crippen molar-refractivity contribution in [2.75, 3.05) is 12.4 Å². The zero-order chi connectivity index (χ0) is 23.9. The maximum absolute atomic E-state index is 13.4. The minimum absolute atomic E-state index is 0.0343. The number of pyridine rings is 2. The van der Waals surface area contributed by atoms with Crippen LogP contribution in [0, 0.1) is 0 Å². The third-order valence-corrected chi connectivity index (χ3v) is 5.08. The monoisotopic (exact) mass is 497 g/mol. The Kier molecular flexibility index (Phi) is 5.72. The molecule has 33 heavy (non-hydrogen) atoms. The summed E-state index contributed by atoms with van der Waals surface area (Å²) >= 11 is 12.3. The molecule has 2 N–H and O–H groups in total. The molecule has 0 spiro atoms. The van der Waals surface area contributed by atoms with Crippen molar-refractivity contribution in [1.82, 2.24) is 29.7 Å². The van der Waals surface area contributed by atoms with Crippen LogP contribution in [0.25, 0.3) is 11.3 Å². The lowest BCUT2D eigenvalue weighted by molar-refractivity contribution is -0.141. The van der Waals surface area contributed by atoms with Crippen LogP contribution in [0.5, 0.6) is 0 Å². The highest BCUT2D eigenvalue weighted by molar-refractivity contribution is 6.35. The van der Waals surface area contributed by atoms with Crippen molar-refractivity contribution in [2.45, 2.75) is 6.18 Å². The molecule has 4 aromatic rings. The first-order valence-corrected chi connectivity index (χ1v) is 9.85.